The van der Waals surface area contributed by atoms with Crippen LogP contribution in [-0.2, 0) is 0 Å². The average molecular weight is 490 g/mol. The zero-order chi connectivity index (χ0) is 25.5. The Balaban J connectivity index is 1.43. The molecule has 6 aromatic rings. The average Bonchev–Trinajstić information content (AvgIpc) is 3.30. The molecule has 2 N–H and O–H groups in total. The van der Waals surface area contributed by atoms with E-state index in [0.29, 0.717) is 5.84 Å². The van der Waals surface area contributed by atoms with Crippen molar-refractivity contribution in [2.75, 3.05) is 5.43 Å². The lowest BCUT2D eigenvalue weighted by Crippen LogP contribution is -2.24. The highest BCUT2D eigenvalue weighted by Gasteiger charge is 2.24. The van der Waals surface area contributed by atoms with E-state index < -0.39 is 0 Å². The molecular formula is C33H23N5. The van der Waals surface area contributed by atoms with Crippen LogP contribution in [0.15, 0.2) is 133 Å². The molecule has 1 aliphatic rings. The number of hydrogen-bond donors (Lipinski definition) is 2. The minimum absolute atomic E-state index is 0.191. The minimum atomic E-state index is 0.191. The standard InChI is InChI=1S/C33H23N5/c34-32(22-11-3-1-4-12-22)36-33(23-13-5-2-6-14-23)37-38-21-28-30-26(17-9-19-29(30)38)24-15-7-8-16-25(24)27-18-10-20-35-31(27)28/h1-21H,(H2,34,36,37). The highest BCUT2D eigenvalue weighted by Crippen LogP contribution is 2.46. The minimum Gasteiger partial charge on any atom is -0.282 e. The molecule has 0 unspecified atom stereocenters. The Kier molecular flexibility index (Phi) is 5.19. The van der Waals surface area contributed by atoms with Gasteiger partial charge in [0.05, 0.1) is 11.2 Å². The molecule has 5 nitrogen and oxygen atoms in total. The fraction of sp³-hybridized carbons (Fsp3) is 0. The van der Waals surface area contributed by atoms with Crippen molar-refractivity contribution in [3.8, 4) is 33.5 Å². The molecule has 38 heavy (non-hydrogen) atoms. The van der Waals surface area contributed by atoms with Gasteiger partial charge in [0, 0.05) is 40.0 Å². The molecule has 0 spiro atoms. The summed E-state index contributed by atoms with van der Waals surface area (Å²) in [5.41, 5.74) is 12.8. The third-order valence-electron chi connectivity index (χ3n) is 6.94. The molecule has 7 rings (SSSR count). The number of nitrogens with zero attached hydrogens (tertiary/aromatic N) is 3. The Morgan fingerprint density at radius 1 is 0.632 bits per heavy atom. The van der Waals surface area contributed by atoms with E-state index in [0.717, 1.165) is 38.9 Å². The zero-order valence-corrected chi connectivity index (χ0v) is 20.5. The number of pyridine rings is 1. The molecule has 5 heteroatoms. The summed E-state index contributed by atoms with van der Waals surface area (Å²) in [5.74, 6) is 0.781. The molecular weight excluding hydrogens is 466 g/mol. The number of aliphatic imine (C=N–C) groups is 1. The van der Waals surface area contributed by atoms with Gasteiger partial charge < -0.3 is 0 Å². The first kappa shape index (κ1) is 21.9. The Bertz CT molecular complexity index is 1850. The van der Waals surface area contributed by atoms with Crippen LogP contribution in [0.2, 0.25) is 0 Å². The summed E-state index contributed by atoms with van der Waals surface area (Å²) >= 11 is 0. The maximum atomic E-state index is 8.68. The van der Waals surface area contributed by atoms with Crippen LogP contribution in [0.1, 0.15) is 11.1 Å². The lowest BCUT2D eigenvalue weighted by atomic mass is 9.95. The molecule has 0 fully saturated rings. The number of benzene rings is 4. The van der Waals surface area contributed by atoms with Gasteiger partial charge in [-0.1, -0.05) is 103 Å². The van der Waals surface area contributed by atoms with Crippen molar-refractivity contribution in [1.29, 1.82) is 5.41 Å². The Morgan fingerprint density at radius 3 is 2.03 bits per heavy atom. The van der Waals surface area contributed by atoms with Gasteiger partial charge in [0.2, 0.25) is 0 Å². The van der Waals surface area contributed by atoms with E-state index in [1.54, 1.807) is 0 Å². The second kappa shape index (κ2) is 8.98. The molecule has 2 heterocycles. The Labute approximate surface area is 220 Å². The van der Waals surface area contributed by atoms with E-state index in [9.17, 15) is 0 Å². The molecule has 0 bridgehead atoms. The lowest BCUT2D eigenvalue weighted by molar-refractivity contribution is 1.03. The Hall–Kier alpha value is -5.29. The topological polar surface area (TPSA) is 66.1 Å². The summed E-state index contributed by atoms with van der Waals surface area (Å²) in [7, 11) is 0. The van der Waals surface area contributed by atoms with Gasteiger partial charge in [-0.2, -0.15) is 0 Å². The first-order valence-corrected chi connectivity index (χ1v) is 12.5. The molecule has 0 amide bonds. The molecule has 4 aromatic carbocycles. The lowest BCUT2D eigenvalue weighted by Gasteiger charge is -2.14. The maximum absolute atomic E-state index is 8.68. The largest absolute Gasteiger partial charge is 0.282 e. The van der Waals surface area contributed by atoms with Crippen molar-refractivity contribution < 1.29 is 0 Å². The Morgan fingerprint density at radius 2 is 1.26 bits per heavy atom. The normalized spacial score (nSPS) is 11.9. The van der Waals surface area contributed by atoms with E-state index in [-0.39, 0.29) is 5.84 Å². The van der Waals surface area contributed by atoms with Gasteiger partial charge in [-0.25, -0.2) is 4.99 Å². The molecule has 180 valence electrons. The van der Waals surface area contributed by atoms with Crippen molar-refractivity contribution in [2.24, 2.45) is 4.99 Å². The highest BCUT2D eigenvalue weighted by molar-refractivity contribution is 6.16. The molecule has 0 radical (unpaired) electrons. The third-order valence-corrected chi connectivity index (χ3v) is 6.94. The number of aromatic nitrogens is 2. The van der Waals surface area contributed by atoms with Gasteiger partial charge in [0.25, 0.3) is 0 Å². The molecule has 0 saturated heterocycles. The fourth-order valence-electron chi connectivity index (χ4n) is 5.21. The van der Waals surface area contributed by atoms with Crippen molar-refractivity contribution in [2.45, 2.75) is 0 Å². The van der Waals surface area contributed by atoms with Crippen LogP contribution in [-0.4, -0.2) is 21.3 Å². The van der Waals surface area contributed by atoms with E-state index >= 15 is 0 Å². The van der Waals surface area contributed by atoms with Crippen LogP contribution < -0.4 is 5.43 Å². The van der Waals surface area contributed by atoms with Gasteiger partial charge in [-0.05, 0) is 28.8 Å². The monoisotopic (exact) mass is 489 g/mol. The summed E-state index contributed by atoms with van der Waals surface area (Å²) in [6.45, 7) is 0. The van der Waals surface area contributed by atoms with Gasteiger partial charge in [0.15, 0.2) is 11.7 Å². The summed E-state index contributed by atoms with van der Waals surface area (Å²) in [5, 5.41) is 9.82. The summed E-state index contributed by atoms with van der Waals surface area (Å²) in [6.07, 6.45) is 3.94. The number of hydrogen-bond acceptors (Lipinski definition) is 2. The van der Waals surface area contributed by atoms with Crippen molar-refractivity contribution in [3.63, 3.8) is 0 Å². The van der Waals surface area contributed by atoms with Crippen LogP contribution >= 0.6 is 0 Å². The first-order chi connectivity index (χ1) is 18.8. The molecule has 0 saturated carbocycles. The quantitative estimate of drug-likeness (QED) is 0.201. The van der Waals surface area contributed by atoms with Crippen molar-refractivity contribution in [1.82, 2.24) is 9.66 Å². The SMILES string of the molecule is N=C(N=C(Nn1cc2c3c(cccc31)-c1ccccc1-c1cccnc1-2)c1ccccc1)c1ccccc1. The van der Waals surface area contributed by atoms with Gasteiger partial charge in [0.1, 0.15) is 0 Å². The number of nitrogens with one attached hydrogen (secondary N) is 2. The van der Waals surface area contributed by atoms with Crippen LogP contribution in [0, 0.1) is 5.41 Å². The van der Waals surface area contributed by atoms with Crippen LogP contribution in [0.25, 0.3) is 44.4 Å². The third kappa shape index (κ3) is 3.61. The zero-order valence-electron chi connectivity index (χ0n) is 20.5. The molecule has 0 atom stereocenters. The predicted molar refractivity (Wildman–Crippen MR) is 155 cm³/mol. The molecule has 1 aliphatic carbocycles. The van der Waals surface area contributed by atoms with E-state index in [1.807, 2.05) is 77.6 Å². The van der Waals surface area contributed by atoms with E-state index in [1.165, 1.54) is 16.7 Å². The molecule has 0 aliphatic heterocycles. The highest BCUT2D eigenvalue weighted by atomic mass is 15.4. The number of amidine groups is 2. The van der Waals surface area contributed by atoms with Crippen LogP contribution in [0.3, 0.4) is 0 Å². The second-order valence-corrected chi connectivity index (χ2v) is 9.21. The van der Waals surface area contributed by atoms with Crippen molar-refractivity contribution >= 4 is 22.6 Å². The number of fused-ring (bicyclic) bond motifs is 5. The molecule has 2 aromatic heterocycles. The smallest absolute Gasteiger partial charge is 0.154 e. The fourth-order valence-corrected chi connectivity index (χ4v) is 5.21. The first-order valence-electron chi connectivity index (χ1n) is 12.5. The maximum Gasteiger partial charge on any atom is 0.154 e. The van der Waals surface area contributed by atoms with Crippen LogP contribution in [0.4, 0.5) is 0 Å². The summed E-state index contributed by atoms with van der Waals surface area (Å²) in [4.78, 5) is 9.58. The van der Waals surface area contributed by atoms with Crippen molar-refractivity contribution in [3.05, 3.63) is 139 Å². The van der Waals surface area contributed by atoms with Gasteiger partial charge in [-0.3, -0.25) is 20.5 Å². The number of rotatable bonds is 3. The van der Waals surface area contributed by atoms with E-state index in [4.69, 9.17) is 15.4 Å². The summed E-state index contributed by atoms with van der Waals surface area (Å²) in [6, 6.07) is 38.5. The van der Waals surface area contributed by atoms with Gasteiger partial charge in [-0.15, -0.1) is 0 Å². The van der Waals surface area contributed by atoms with E-state index in [2.05, 4.69) is 60.2 Å². The summed E-state index contributed by atoms with van der Waals surface area (Å²) < 4.78 is 2.00. The predicted octanol–water partition coefficient (Wildman–Crippen LogP) is 7.37. The van der Waals surface area contributed by atoms with Gasteiger partial charge >= 0.3 is 0 Å². The second-order valence-electron chi connectivity index (χ2n) is 9.21. The van der Waals surface area contributed by atoms with Crippen LogP contribution in [0.5, 0.6) is 0 Å².